The lowest BCUT2D eigenvalue weighted by Crippen LogP contribution is -2.43. The molecule has 0 radical (unpaired) electrons. The van der Waals surface area contributed by atoms with E-state index < -0.39 is 56.0 Å². The zero-order valence-corrected chi connectivity index (χ0v) is 44.5. The number of hydrogen-bond donors (Lipinski definition) is 2. The molecule has 0 atom stereocenters. The van der Waals surface area contributed by atoms with E-state index in [1.165, 1.54) is 9.13 Å². The third kappa shape index (κ3) is 12.3. The number of anilines is 2. The van der Waals surface area contributed by atoms with Gasteiger partial charge in [-0.1, -0.05) is 22.0 Å². The summed E-state index contributed by atoms with van der Waals surface area (Å²) in [5, 5.41) is 21.2. The Labute approximate surface area is 407 Å². The van der Waals surface area contributed by atoms with Crippen molar-refractivity contribution in [3.05, 3.63) is 101 Å². The van der Waals surface area contributed by atoms with Crippen molar-refractivity contribution in [3.8, 4) is 23.4 Å². The van der Waals surface area contributed by atoms with Crippen LogP contribution in [0.3, 0.4) is 0 Å². The van der Waals surface area contributed by atoms with Crippen LogP contribution in [0.25, 0.3) is 33.1 Å². The van der Waals surface area contributed by atoms with Crippen molar-refractivity contribution in [2.45, 2.75) is 91.6 Å². The minimum absolute atomic E-state index is 0.453. The number of nitrogen functional groups attached to an aromatic ring is 2. The second-order valence-corrected chi connectivity index (χ2v) is 27.6. The van der Waals surface area contributed by atoms with Crippen LogP contribution in [0.2, 0.25) is 0 Å². The number of carbonyl (C=O) groups is 2. The number of nitriles is 2. The van der Waals surface area contributed by atoms with E-state index in [9.17, 15) is 29.2 Å². The van der Waals surface area contributed by atoms with Crippen LogP contribution < -0.4 is 27.7 Å². The highest BCUT2D eigenvalue weighted by molar-refractivity contribution is 9.10. The molecule has 0 bridgehead atoms. The van der Waals surface area contributed by atoms with Gasteiger partial charge in [-0.2, -0.15) is 10.5 Å². The van der Waals surface area contributed by atoms with Gasteiger partial charge in [0.25, 0.3) is 0 Å². The third-order valence-electron chi connectivity index (χ3n) is 11.0. The highest BCUT2D eigenvalue weighted by atomic mass is 79.9. The Kier molecular flexibility index (Phi) is 15.2. The molecule has 18 heteroatoms. The van der Waals surface area contributed by atoms with Gasteiger partial charge < -0.3 is 39.4 Å². The minimum atomic E-state index is -2.62. The highest BCUT2D eigenvalue weighted by Crippen LogP contribution is 2.41. The highest BCUT2D eigenvalue weighted by Gasteiger charge is 2.53. The molecule has 0 saturated carbocycles. The van der Waals surface area contributed by atoms with E-state index in [0.29, 0.717) is 55.7 Å². The number of carbonyl (C=O) groups excluding carboxylic acids is 2. The Morgan fingerprint density at radius 2 is 1.07 bits per heavy atom. The number of rotatable bonds is 4. The quantitative estimate of drug-likeness (QED) is 0.0958. The molecule has 4 N–H and O–H groups in total. The summed E-state index contributed by atoms with van der Waals surface area (Å²) < 4.78 is 51.7. The molecule has 358 valence electrons. The van der Waals surface area contributed by atoms with Gasteiger partial charge in [-0.25, -0.2) is 14.2 Å². The first kappa shape index (κ1) is 53.4. The lowest BCUT2D eigenvalue weighted by atomic mass is 9.84. The zero-order chi connectivity index (χ0) is 51.1. The number of fused-ring (bicyclic) bond motifs is 2. The Morgan fingerprint density at radius 1 is 0.647 bits per heavy atom. The van der Waals surface area contributed by atoms with Gasteiger partial charge in [0.1, 0.15) is 25.5 Å². The maximum Gasteiger partial charge on any atom is 0.513 e. The molecule has 14 nitrogen and oxygen atoms in total. The molecule has 1 aliphatic rings. The molecule has 1 aliphatic heterocycles. The molecule has 7 rings (SSSR count). The van der Waals surface area contributed by atoms with Crippen molar-refractivity contribution in [1.82, 2.24) is 9.13 Å². The minimum Gasteiger partial charge on any atom is -0.443 e. The summed E-state index contributed by atoms with van der Waals surface area (Å²) in [6.45, 7) is 25.4. The Balaban J connectivity index is 0.000000206. The number of hydrogen-bond acceptors (Lipinski definition) is 12. The van der Waals surface area contributed by atoms with Crippen molar-refractivity contribution < 1.29 is 37.5 Å². The van der Waals surface area contributed by atoms with Gasteiger partial charge >= 0.3 is 19.3 Å². The van der Waals surface area contributed by atoms with Crippen molar-refractivity contribution in [2.24, 2.45) is 0 Å². The number of benzene rings is 4. The number of ether oxygens (including phenoxy) is 2. The van der Waals surface area contributed by atoms with Crippen LogP contribution in [-0.2, 0) is 27.9 Å². The van der Waals surface area contributed by atoms with Crippen LogP contribution in [0.4, 0.5) is 21.0 Å². The first-order valence-corrected chi connectivity index (χ1v) is 27.7. The lowest BCUT2D eigenvalue weighted by Gasteiger charge is -2.32. The largest absolute Gasteiger partial charge is 0.513 e. The van der Waals surface area contributed by atoms with Crippen molar-refractivity contribution in [3.63, 3.8) is 0 Å². The summed E-state index contributed by atoms with van der Waals surface area (Å²) in [6, 6.07) is 28.8. The first-order valence-electron chi connectivity index (χ1n) is 21.7. The normalized spacial score (nSPS) is 14.5. The fraction of sp³-hybridized carbons (Fsp3) is 0.360. The van der Waals surface area contributed by atoms with Gasteiger partial charge in [0.15, 0.2) is 0 Å². The molecular formula is C50H60BBrN6O8P2. The fourth-order valence-corrected chi connectivity index (χ4v) is 9.94. The Morgan fingerprint density at radius 3 is 1.51 bits per heavy atom. The number of nitrogens with zero attached hydrogens (tertiary/aromatic N) is 4. The van der Waals surface area contributed by atoms with Gasteiger partial charge in [0.05, 0.1) is 56.8 Å². The molecular weight excluding hydrogens is 965 g/mol. The number of nitrogens with two attached hydrogens (primary N) is 2. The topological polar surface area (TPSA) is 215 Å². The fourth-order valence-electron chi connectivity index (χ4n) is 7.11. The van der Waals surface area contributed by atoms with Crippen LogP contribution in [-0.4, -0.2) is 77.5 Å². The summed E-state index contributed by atoms with van der Waals surface area (Å²) in [5.74, 6) is 0. The molecule has 0 aliphatic carbocycles. The monoisotopic (exact) mass is 1020 g/mol. The van der Waals surface area contributed by atoms with E-state index in [2.05, 4.69) is 28.1 Å². The second-order valence-electron chi connectivity index (χ2n) is 20.3. The second kappa shape index (κ2) is 19.4. The van der Waals surface area contributed by atoms with Gasteiger partial charge in [0.2, 0.25) is 0 Å². The van der Waals surface area contributed by atoms with Crippen LogP contribution in [0.1, 0.15) is 80.4 Å². The number of aromatic nitrogens is 2. The van der Waals surface area contributed by atoms with Crippen molar-refractivity contribution in [2.75, 3.05) is 38.1 Å². The molecule has 1 saturated heterocycles. The zero-order valence-electron chi connectivity index (χ0n) is 41.1. The Bertz CT molecular complexity index is 3100. The van der Waals surface area contributed by atoms with E-state index in [1.54, 1.807) is 108 Å². The van der Waals surface area contributed by atoms with Crippen molar-refractivity contribution in [1.29, 1.82) is 10.5 Å². The predicted molar refractivity (Wildman–Crippen MR) is 279 cm³/mol. The smallest absolute Gasteiger partial charge is 0.443 e. The molecule has 3 heterocycles. The summed E-state index contributed by atoms with van der Waals surface area (Å²) in [7, 11) is -5.58. The van der Waals surface area contributed by atoms with Gasteiger partial charge in [-0.05, 0) is 180 Å². The molecule has 0 spiro atoms. The summed E-state index contributed by atoms with van der Waals surface area (Å²) in [4.78, 5) is 26.0. The molecule has 68 heavy (non-hydrogen) atoms. The SMILES string of the molecule is CC(C)(C)OC(=O)n1c(-c2ccc(N)c(P(C)(C)=O)c2)cc2cc(C#N)ccc21.CC(C)(C)OC(=O)n1c(B2OC(C)(C)C(C)(C)O2)cc2cc(C#N)ccc21.CP(C)(=O)c1cc(Br)ccc1N. The number of halogens is 1. The van der Waals surface area contributed by atoms with E-state index in [1.807, 2.05) is 72.7 Å². The Hall–Kier alpha value is -5.60. The van der Waals surface area contributed by atoms with Gasteiger partial charge in [0, 0.05) is 37.2 Å². The predicted octanol–water partition coefficient (Wildman–Crippen LogP) is 10.7. The molecule has 4 aromatic carbocycles. The van der Waals surface area contributed by atoms with Crippen molar-refractivity contribution >= 4 is 98.9 Å². The third-order valence-corrected chi connectivity index (χ3v) is 14.6. The average Bonchev–Trinajstić information content (AvgIpc) is 3.85. The molecule has 0 unspecified atom stereocenters. The molecule has 0 amide bonds. The van der Waals surface area contributed by atoms with E-state index in [0.717, 1.165) is 20.5 Å². The van der Waals surface area contributed by atoms with E-state index in [4.69, 9.17) is 30.2 Å². The lowest BCUT2D eigenvalue weighted by molar-refractivity contribution is 0.00578. The molecule has 1 fully saturated rings. The van der Waals surface area contributed by atoms with Crippen LogP contribution in [0.15, 0.2) is 89.4 Å². The maximum absolute atomic E-state index is 13.0. The molecule has 2 aromatic heterocycles. The van der Waals surface area contributed by atoms with E-state index >= 15 is 0 Å². The van der Waals surface area contributed by atoms with Crippen LogP contribution >= 0.6 is 30.2 Å². The maximum atomic E-state index is 13.0. The first-order chi connectivity index (χ1) is 31.2. The van der Waals surface area contributed by atoms with Crippen LogP contribution in [0.5, 0.6) is 0 Å². The summed E-state index contributed by atoms with van der Waals surface area (Å²) in [5.41, 5.74) is 14.5. The summed E-state index contributed by atoms with van der Waals surface area (Å²) in [6.07, 6.45) is -1.03. The average molecular weight is 1030 g/mol. The summed E-state index contributed by atoms with van der Waals surface area (Å²) >= 11 is 3.31. The van der Waals surface area contributed by atoms with Gasteiger partial charge in [-0.3, -0.25) is 4.57 Å². The van der Waals surface area contributed by atoms with Gasteiger partial charge in [-0.15, -0.1) is 0 Å². The van der Waals surface area contributed by atoms with Crippen LogP contribution in [0, 0.1) is 22.7 Å². The van der Waals surface area contributed by atoms with E-state index in [-0.39, 0.29) is 0 Å². The molecule has 6 aromatic rings. The standard InChI is InChI=1S/C22H24N3O3P.C20H25BN2O4.C8H11BrNOP/c1-22(2,3)28-21(26)25-18-9-6-14(13-23)10-16(18)11-19(25)15-7-8-17(24)20(12-15)29(4,5)27;1-18(2,3)25-17(24)23-15-9-8-13(12-22)10-14(15)11-16(23)21-26-19(4,5)20(6,7)27-21;1-12(2,11)8-5-6(9)3-4-7(8)10/h6-12H,24H2,1-5H3;8-11H,1-7H3;3-5H,10H2,1-2H3.